The van der Waals surface area contributed by atoms with Gasteiger partial charge in [0.05, 0.1) is 0 Å². The summed E-state index contributed by atoms with van der Waals surface area (Å²) in [6, 6.07) is 0. The normalized spacial score (nSPS) is 8.16. The molecule has 0 atom stereocenters. The summed E-state index contributed by atoms with van der Waals surface area (Å²) in [5.74, 6) is 4.75. The summed E-state index contributed by atoms with van der Waals surface area (Å²) in [4.78, 5) is 24.1. The van der Waals surface area contributed by atoms with Crippen LogP contribution in [0, 0.1) is 41.5 Å². The summed E-state index contributed by atoms with van der Waals surface area (Å²) in [6.45, 7) is 11.2. The van der Waals surface area contributed by atoms with Gasteiger partial charge in [-0.05, 0) is 80.8 Å². The predicted molar refractivity (Wildman–Crippen MR) is 314 cm³/mol. The van der Waals surface area contributed by atoms with Gasteiger partial charge in [0.2, 0.25) is 0 Å². The van der Waals surface area contributed by atoms with E-state index in [2.05, 4.69) is 53.2 Å². The molecule has 61 heavy (non-hydrogen) atoms. The van der Waals surface area contributed by atoms with E-state index in [9.17, 15) is 0 Å². The summed E-state index contributed by atoms with van der Waals surface area (Å²) < 4.78 is 0. The number of halogens is 27. The number of thiol groups is 2. The van der Waals surface area contributed by atoms with Gasteiger partial charge in [0.15, 0.2) is 0 Å². The summed E-state index contributed by atoms with van der Waals surface area (Å²) in [5.41, 5.74) is 0. The van der Waals surface area contributed by atoms with Crippen molar-refractivity contribution in [1.29, 1.82) is 0 Å². The SMILES string of the molecule is C.C.C.C.Cc1nc(C)nc(C)n1.Cc1nc(C)nc(C)n1.Cl.Cl.Cl.Cl.Cl.Cl.Cl.Cl.Cl.SSSSSS.[Cl][Fe]([Cl])[Cl].[Cl][Fe]([Cl])[Cl].[Cl][Fe]([Cl])[Cl].[Cl][Fe]([Cl])[Cl].[Cl][Fe]([Cl])[Cl].[Cl][Fe]([Cl])[Cl]. The van der Waals surface area contributed by atoms with Gasteiger partial charge in [0, 0.05) is 0 Å². The van der Waals surface area contributed by atoms with Crippen LogP contribution in [0.3, 0.4) is 0 Å². The molecule has 0 spiro atoms. The fourth-order valence-corrected chi connectivity index (χ4v) is 7.59. The molecule has 2 aromatic rings. The molecule has 0 saturated heterocycles. The van der Waals surface area contributed by atoms with Crippen LogP contribution in [0.1, 0.15) is 64.7 Å². The Balaban J connectivity index is -0.0000000171. The molecule has 0 bridgehead atoms. The Labute approximate surface area is 548 Å². The number of aryl methyl sites for hydroxylation is 6. The van der Waals surface area contributed by atoms with Crippen LogP contribution in [0.25, 0.3) is 0 Å². The van der Waals surface area contributed by atoms with Crippen molar-refractivity contribution >= 4 is 356 Å². The van der Waals surface area contributed by atoms with Crippen LogP contribution in [-0.4, -0.2) is 29.9 Å². The van der Waals surface area contributed by atoms with E-state index in [0.29, 0.717) is 0 Å². The van der Waals surface area contributed by atoms with Crippen LogP contribution in [0.15, 0.2) is 0 Å². The van der Waals surface area contributed by atoms with Gasteiger partial charge in [0.25, 0.3) is 0 Å². The van der Waals surface area contributed by atoms with E-state index in [4.69, 9.17) is 182 Å². The molecular formula is C16H45Cl27Fe6N6S6. The van der Waals surface area contributed by atoms with Crippen LogP contribution in [-0.2, 0) is 67.0 Å². The number of nitrogens with zero attached hydrogens (tertiary/aromatic N) is 6. The molecular weight excluding hydrogens is 1760 g/mol. The fraction of sp³-hybridized carbons (Fsp3) is 0.625. The molecule has 0 saturated carbocycles. The van der Waals surface area contributed by atoms with Crippen molar-refractivity contribution in [2.75, 3.05) is 0 Å². The zero-order valence-corrected chi connectivity index (χ0v) is 59.4. The van der Waals surface area contributed by atoms with Crippen LogP contribution in [0.2, 0.25) is 0 Å². The molecule has 0 fully saturated rings. The second-order valence-electron chi connectivity index (χ2n) is 5.15. The van der Waals surface area contributed by atoms with Crippen molar-refractivity contribution in [2.45, 2.75) is 71.2 Å². The Kier molecular flexibility index (Phi) is 236. The first-order chi connectivity index (χ1) is 21.7. The van der Waals surface area contributed by atoms with Gasteiger partial charge in [-0.15, -0.1) is 112 Å². The maximum absolute atomic E-state index is 4.89. The molecule has 412 valence electrons. The van der Waals surface area contributed by atoms with Gasteiger partial charge in [-0.3, -0.25) is 0 Å². The summed E-state index contributed by atoms with van der Waals surface area (Å²) in [5, 5.41) is 0. The molecule has 2 heterocycles. The van der Waals surface area contributed by atoms with Crippen LogP contribution < -0.4 is 0 Å². The van der Waals surface area contributed by atoms with Crippen LogP contribution in [0.4, 0.5) is 0 Å². The van der Waals surface area contributed by atoms with Crippen molar-refractivity contribution in [3.8, 4) is 0 Å². The number of hydrogen-bond acceptors (Lipinski definition) is 12. The van der Waals surface area contributed by atoms with Crippen LogP contribution >= 0.6 is 356 Å². The van der Waals surface area contributed by atoms with Gasteiger partial charge in [0.1, 0.15) is 34.9 Å². The summed E-state index contributed by atoms with van der Waals surface area (Å²) in [7, 11) is 94.0. The first-order valence-corrected chi connectivity index (χ1v) is 43.2. The third-order valence-electron chi connectivity index (χ3n) is 2.03. The molecule has 45 heteroatoms. The molecule has 2 aromatic heterocycles. The minimum absolute atomic E-state index is 0. The van der Waals surface area contributed by atoms with Crippen molar-refractivity contribution in [3.05, 3.63) is 34.9 Å². The third kappa shape index (κ3) is 234. The zero-order chi connectivity index (χ0) is 40.0. The van der Waals surface area contributed by atoms with E-state index in [0.717, 1.165) is 34.9 Å². The summed E-state index contributed by atoms with van der Waals surface area (Å²) >= 11 is -0.268. The van der Waals surface area contributed by atoms with Gasteiger partial charge >= 0.3 is 249 Å². The summed E-state index contributed by atoms with van der Waals surface area (Å²) in [6.07, 6.45) is 0. The average Bonchev–Trinajstić information content (AvgIpc) is 2.79. The Morgan fingerprint density at radius 3 is 0.393 bits per heavy atom. The minimum atomic E-state index is -1.33. The van der Waals surface area contributed by atoms with E-state index in [-0.39, 0.29) is 141 Å². The van der Waals surface area contributed by atoms with E-state index < -0.39 is 67.0 Å². The molecule has 6 nitrogen and oxygen atoms in total. The number of aromatic nitrogens is 6. The van der Waals surface area contributed by atoms with E-state index >= 15 is 0 Å². The monoisotopic (exact) mass is 1790 g/mol. The standard InChI is InChI=1S/2C6H9N3.4CH4.27ClH.6Fe.H2S6/c2*1-4-7-5(2)9-6(3)8-4;;;;;;;;;;;;;;;;;;;;;;;;;;;;;;;;;;;;;;1-3-5-6-4-2/h2*1-3H3;4*1H4;27*1H;;;;;;;1-2H/q;;;;;;;;;;;;;;;;;;;;;;;;;;;;;;;;;6*+3;/p-18. The molecule has 0 aliphatic rings. The molecule has 2 rings (SSSR count). The average molecular weight is 1810 g/mol. The first kappa shape index (κ1) is 134. The van der Waals surface area contributed by atoms with Crippen molar-refractivity contribution < 1.29 is 67.0 Å². The molecule has 0 unspecified atom stereocenters. The fourth-order valence-electron chi connectivity index (χ4n) is 1.58. The Hall–Kier alpha value is 11.1. The zero-order valence-electron chi connectivity index (χ0n) is 26.8. The Morgan fingerprint density at radius 2 is 0.344 bits per heavy atom. The quantitative estimate of drug-likeness (QED) is 0.134. The van der Waals surface area contributed by atoms with E-state index in [1.165, 1.54) is 19.7 Å². The first-order valence-electron chi connectivity index (χ1n) is 8.95. The van der Waals surface area contributed by atoms with Gasteiger partial charge in [-0.2, -0.15) is 0 Å². The van der Waals surface area contributed by atoms with Crippen molar-refractivity contribution in [2.24, 2.45) is 0 Å². The second kappa shape index (κ2) is 107. The van der Waals surface area contributed by atoms with Crippen LogP contribution in [0.5, 0.6) is 0 Å². The van der Waals surface area contributed by atoms with Gasteiger partial charge in [-0.1, -0.05) is 53.0 Å². The molecule has 0 radical (unpaired) electrons. The van der Waals surface area contributed by atoms with Gasteiger partial charge in [-0.25, -0.2) is 29.9 Å². The van der Waals surface area contributed by atoms with Crippen molar-refractivity contribution in [1.82, 2.24) is 29.9 Å². The molecule has 0 aliphatic carbocycles. The third-order valence-corrected chi connectivity index (χ3v) is 9.12. The Morgan fingerprint density at radius 1 is 0.279 bits per heavy atom. The van der Waals surface area contributed by atoms with E-state index in [1.807, 2.05) is 41.5 Å². The molecule has 0 aliphatic heterocycles. The van der Waals surface area contributed by atoms with Crippen molar-refractivity contribution in [3.63, 3.8) is 0 Å². The molecule has 0 amide bonds. The predicted octanol–water partition coefficient (Wildman–Crippen LogP) is 23.7. The Bertz CT molecular complexity index is 738. The van der Waals surface area contributed by atoms with E-state index in [1.54, 1.807) is 19.7 Å². The maximum atomic E-state index is 4.89. The second-order valence-corrected chi connectivity index (χ2v) is 45.4. The number of hydrogen-bond donors (Lipinski definition) is 2. The number of rotatable bonds is 3. The molecule has 0 N–H and O–H groups in total. The topological polar surface area (TPSA) is 77.3 Å². The van der Waals surface area contributed by atoms with Gasteiger partial charge < -0.3 is 0 Å². The molecule has 0 aromatic carbocycles.